The third kappa shape index (κ3) is 5.92. The number of carbonyl (C=O) groups excluding carboxylic acids is 2. The molecule has 2 rings (SSSR count). The minimum Gasteiger partial charge on any atom is -0.492 e. The van der Waals surface area contributed by atoms with Gasteiger partial charge in [-0.3, -0.25) is 9.59 Å². The average molecular weight is 354 g/mol. The standard InChI is InChI=1S/C21H26N2O3/c1-15(2)19(23-20(24)17-9-7-8-16(3)14-17)21(25)22-12-13-26-18-10-5-4-6-11-18/h4-11,14-15,19H,12-13H2,1-3H3,(H,22,25)(H,23,24). The van der Waals surface area contributed by atoms with Crippen molar-refractivity contribution in [1.82, 2.24) is 10.6 Å². The van der Waals surface area contributed by atoms with Gasteiger partial charge in [0.1, 0.15) is 18.4 Å². The van der Waals surface area contributed by atoms with Gasteiger partial charge >= 0.3 is 0 Å². The van der Waals surface area contributed by atoms with Crippen molar-refractivity contribution in [2.75, 3.05) is 13.2 Å². The van der Waals surface area contributed by atoms with E-state index in [4.69, 9.17) is 4.74 Å². The summed E-state index contributed by atoms with van der Waals surface area (Å²) in [7, 11) is 0. The number of hydrogen-bond acceptors (Lipinski definition) is 3. The first-order valence-electron chi connectivity index (χ1n) is 8.80. The highest BCUT2D eigenvalue weighted by Crippen LogP contribution is 2.09. The fraction of sp³-hybridized carbons (Fsp3) is 0.333. The largest absolute Gasteiger partial charge is 0.492 e. The van der Waals surface area contributed by atoms with E-state index >= 15 is 0 Å². The summed E-state index contributed by atoms with van der Waals surface area (Å²) >= 11 is 0. The summed E-state index contributed by atoms with van der Waals surface area (Å²) in [5.41, 5.74) is 1.55. The van der Waals surface area contributed by atoms with Crippen molar-refractivity contribution in [3.8, 4) is 5.75 Å². The fourth-order valence-electron chi connectivity index (χ4n) is 2.52. The van der Waals surface area contributed by atoms with Crippen LogP contribution in [0.1, 0.15) is 29.8 Å². The fourth-order valence-corrected chi connectivity index (χ4v) is 2.52. The second-order valence-electron chi connectivity index (χ2n) is 6.52. The molecular formula is C21H26N2O3. The van der Waals surface area contributed by atoms with E-state index < -0.39 is 6.04 Å². The zero-order chi connectivity index (χ0) is 18.9. The first-order chi connectivity index (χ1) is 12.5. The highest BCUT2D eigenvalue weighted by atomic mass is 16.5. The molecule has 0 aliphatic rings. The minimum atomic E-state index is -0.597. The second kappa shape index (κ2) is 9.61. The third-order valence-electron chi connectivity index (χ3n) is 3.93. The Bertz CT molecular complexity index is 729. The van der Waals surface area contributed by atoms with Crippen LogP contribution in [0.4, 0.5) is 0 Å². The van der Waals surface area contributed by atoms with E-state index in [1.165, 1.54) is 0 Å². The van der Waals surface area contributed by atoms with Gasteiger partial charge in [-0.05, 0) is 37.1 Å². The topological polar surface area (TPSA) is 67.4 Å². The number of benzene rings is 2. The molecule has 1 unspecified atom stereocenters. The Morgan fingerprint density at radius 2 is 1.77 bits per heavy atom. The lowest BCUT2D eigenvalue weighted by Crippen LogP contribution is -2.50. The van der Waals surface area contributed by atoms with Crippen molar-refractivity contribution >= 4 is 11.8 Å². The summed E-state index contributed by atoms with van der Waals surface area (Å²) in [6.45, 7) is 6.47. The lowest BCUT2D eigenvalue weighted by atomic mass is 10.0. The molecule has 5 nitrogen and oxygen atoms in total. The molecule has 1 atom stereocenters. The Morgan fingerprint density at radius 3 is 2.42 bits per heavy atom. The number of amides is 2. The number of aryl methyl sites for hydroxylation is 1. The summed E-state index contributed by atoms with van der Waals surface area (Å²) in [4.78, 5) is 24.9. The monoisotopic (exact) mass is 354 g/mol. The van der Waals surface area contributed by atoms with E-state index in [0.717, 1.165) is 11.3 Å². The third-order valence-corrected chi connectivity index (χ3v) is 3.93. The second-order valence-corrected chi connectivity index (χ2v) is 6.52. The Kier molecular flexibility index (Phi) is 7.21. The highest BCUT2D eigenvalue weighted by molar-refractivity contribution is 5.97. The smallest absolute Gasteiger partial charge is 0.251 e. The Hall–Kier alpha value is -2.82. The number of para-hydroxylation sites is 1. The van der Waals surface area contributed by atoms with Crippen molar-refractivity contribution in [2.24, 2.45) is 5.92 Å². The van der Waals surface area contributed by atoms with Crippen LogP contribution in [0.2, 0.25) is 0 Å². The van der Waals surface area contributed by atoms with Crippen LogP contribution in [-0.2, 0) is 4.79 Å². The van der Waals surface area contributed by atoms with E-state index in [0.29, 0.717) is 18.7 Å². The average Bonchev–Trinajstić information content (AvgIpc) is 2.63. The van der Waals surface area contributed by atoms with Gasteiger partial charge in [-0.25, -0.2) is 0 Å². The summed E-state index contributed by atoms with van der Waals surface area (Å²) < 4.78 is 5.56. The molecule has 0 saturated heterocycles. The molecule has 26 heavy (non-hydrogen) atoms. The summed E-state index contributed by atoms with van der Waals surface area (Å²) in [6.07, 6.45) is 0. The molecule has 0 aromatic heterocycles. The van der Waals surface area contributed by atoms with Crippen molar-refractivity contribution in [3.63, 3.8) is 0 Å². The van der Waals surface area contributed by atoms with Gasteiger partial charge in [0.25, 0.3) is 5.91 Å². The van der Waals surface area contributed by atoms with E-state index in [-0.39, 0.29) is 17.7 Å². The molecule has 0 saturated carbocycles. The highest BCUT2D eigenvalue weighted by Gasteiger charge is 2.24. The molecule has 0 radical (unpaired) electrons. The lowest BCUT2D eigenvalue weighted by Gasteiger charge is -2.22. The molecule has 0 fully saturated rings. The molecular weight excluding hydrogens is 328 g/mol. The quantitative estimate of drug-likeness (QED) is 0.716. The van der Waals surface area contributed by atoms with Crippen molar-refractivity contribution in [2.45, 2.75) is 26.8 Å². The molecule has 2 amide bonds. The van der Waals surface area contributed by atoms with Crippen LogP contribution in [0.15, 0.2) is 54.6 Å². The van der Waals surface area contributed by atoms with E-state index in [1.807, 2.05) is 63.2 Å². The van der Waals surface area contributed by atoms with Gasteiger partial charge in [-0.1, -0.05) is 49.7 Å². The van der Waals surface area contributed by atoms with Gasteiger partial charge in [-0.2, -0.15) is 0 Å². The molecule has 0 heterocycles. The predicted molar refractivity (Wildman–Crippen MR) is 102 cm³/mol. The number of ether oxygens (including phenoxy) is 1. The van der Waals surface area contributed by atoms with Crippen LogP contribution < -0.4 is 15.4 Å². The molecule has 138 valence electrons. The number of hydrogen-bond donors (Lipinski definition) is 2. The first-order valence-corrected chi connectivity index (χ1v) is 8.80. The van der Waals surface area contributed by atoms with Gasteiger partial charge in [0.05, 0.1) is 6.54 Å². The van der Waals surface area contributed by atoms with E-state index in [1.54, 1.807) is 12.1 Å². The van der Waals surface area contributed by atoms with Crippen molar-refractivity contribution in [3.05, 3.63) is 65.7 Å². The van der Waals surface area contributed by atoms with Crippen LogP contribution >= 0.6 is 0 Å². The van der Waals surface area contributed by atoms with Crippen molar-refractivity contribution < 1.29 is 14.3 Å². The maximum atomic E-state index is 12.4. The van der Waals surface area contributed by atoms with Crippen LogP contribution in [0.3, 0.4) is 0 Å². The molecule has 2 aromatic carbocycles. The summed E-state index contributed by atoms with van der Waals surface area (Å²) in [6, 6.07) is 16.1. The Morgan fingerprint density at radius 1 is 1.04 bits per heavy atom. The van der Waals surface area contributed by atoms with Gasteiger partial charge in [0, 0.05) is 5.56 Å². The number of rotatable bonds is 8. The van der Waals surface area contributed by atoms with Crippen LogP contribution in [0, 0.1) is 12.8 Å². The zero-order valence-electron chi connectivity index (χ0n) is 15.5. The molecule has 2 aromatic rings. The SMILES string of the molecule is Cc1cccc(C(=O)NC(C(=O)NCCOc2ccccc2)C(C)C)c1. The molecule has 2 N–H and O–H groups in total. The van der Waals surface area contributed by atoms with Gasteiger partial charge in [-0.15, -0.1) is 0 Å². The number of nitrogens with one attached hydrogen (secondary N) is 2. The Labute approximate surface area is 154 Å². The molecule has 0 aliphatic heterocycles. The lowest BCUT2D eigenvalue weighted by molar-refractivity contribution is -0.124. The molecule has 0 bridgehead atoms. The van der Waals surface area contributed by atoms with Gasteiger partial charge in [0.15, 0.2) is 0 Å². The normalized spacial score (nSPS) is 11.7. The van der Waals surface area contributed by atoms with Crippen molar-refractivity contribution in [1.29, 1.82) is 0 Å². The first kappa shape index (κ1) is 19.5. The maximum Gasteiger partial charge on any atom is 0.251 e. The molecule has 0 aliphatic carbocycles. The zero-order valence-corrected chi connectivity index (χ0v) is 15.5. The van der Waals surface area contributed by atoms with Gasteiger partial charge in [0.2, 0.25) is 5.91 Å². The van der Waals surface area contributed by atoms with E-state index in [9.17, 15) is 9.59 Å². The minimum absolute atomic E-state index is 0.0289. The van der Waals surface area contributed by atoms with Crippen LogP contribution in [0.25, 0.3) is 0 Å². The predicted octanol–water partition coefficient (Wildman–Crippen LogP) is 2.94. The number of carbonyl (C=O) groups is 2. The van der Waals surface area contributed by atoms with Crippen LogP contribution in [-0.4, -0.2) is 31.0 Å². The summed E-state index contributed by atoms with van der Waals surface area (Å²) in [5.74, 6) is 0.273. The van der Waals surface area contributed by atoms with E-state index in [2.05, 4.69) is 10.6 Å². The maximum absolute atomic E-state index is 12.4. The summed E-state index contributed by atoms with van der Waals surface area (Å²) in [5, 5.41) is 5.65. The van der Waals surface area contributed by atoms with Gasteiger partial charge < -0.3 is 15.4 Å². The van der Waals surface area contributed by atoms with Crippen LogP contribution in [0.5, 0.6) is 5.75 Å². The molecule has 5 heteroatoms. The molecule has 0 spiro atoms. The Balaban J connectivity index is 1.85.